The van der Waals surface area contributed by atoms with Crippen molar-refractivity contribution in [1.82, 2.24) is 9.97 Å². The van der Waals surface area contributed by atoms with Gasteiger partial charge in [0.1, 0.15) is 0 Å². The standard InChI is InChI=1S/C19H12ClN3O4/c20-12-5-1-4-11(10-12)15-14(16(24)13-6-2-9-27-13)17(25)18(26)23(15)19-21-7-3-8-22-19/h1-10,15,25H/t15-/m1/s1. The molecule has 3 heterocycles. The quantitative estimate of drug-likeness (QED) is 0.695. The Hall–Kier alpha value is -3.45. The number of carbonyl (C=O) groups excluding carboxylic acids is 2. The van der Waals surface area contributed by atoms with Gasteiger partial charge in [-0.15, -0.1) is 0 Å². The molecular weight excluding hydrogens is 370 g/mol. The highest BCUT2D eigenvalue weighted by molar-refractivity contribution is 6.30. The minimum Gasteiger partial charge on any atom is -0.503 e. The van der Waals surface area contributed by atoms with E-state index in [0.717, 1.165) is 4.90 Å². The number of halogens is 1. The molecule has 0 saturated heterocycles. The molecule has 1 amide bonds. The van der Waals surface area contributed by atoms with E-state index >= 15 is 0 Å². The van der Waals surface area contributed by atoms with E-state index in [2.05, 4.69) is 9.97 Å². The van der Waals surface area contributed by atoms with E-state index in [0.29, 0.717) is 10.6 Å². The number of aromatic nitrogens is 2. The van der Waals surface area contributed by atoms with Gasteiger partial charge in [-0.25, -0.2) is 9.97 Å². The molecule has 1 aromatic carbocycles. The van der Waals surface area contributed by atoms with Crippen LogP contribution in [0.2, 0.25) is 5.02 Å². The first-order valence-corrected chi connectivity index (χ1v) is 8.33. The van der Waals surface area contributed by atoms with E-state index in [4.69, 9.17) is 16.0 Å². The normalized spacial score (nSPS) is 16.9. The van der Waals surface area contributed by atoms with Crippen LogP contribution in [0.15, 0.2) is 76.9 Å². The second-order valence-corrected chi connectivity index (χ2v) is 6.19. The van der Waals surface area contributed by atoms with Gasteiger partial charge in [-0.2, -0.15) is 0 Å². The van der Waals surface area contributed by atoms with Crippen molar-refractivity contribution < 1.29 is 19.1 Å². The van der Waals surface area contributed by atoms with Crippen LogP contribution in [0.1, 0.15) is 22.2 Å². The highest BCUT2D eigenvalue weighted by Crippen LogP contribution is 2.41. The summed E-state index contributed by atoms with van der Waals surface area (Å²) in [7, 11) is 0. The first-order chi connectivity index (χ1) is 13.1. The average molecular weight is 382 g/mol. The van der Waals surface area contributed by atoms with Crippen LogP contribution in [-0.2, 0) is 4.79 Å². The lowest BCUT2D eigenvalue weighted by Crippen LogP contribution is -2.32. The van der Waals surface area contributed by atoms with E-state index in [1.54, 1.807) is 36.4 Å². The van der Waals surface area contributed by atoms with Crippen LogP contribution in [0.3, 0.4) is 0 Å². The van der Waals surface area contributed by atoms with E-state index < -0.39 is 23.5 Å². The Balaban J connectivity index is 1.90. The first-order valence-electron chi connectivity index (χ1n) is 7.95. The number of hydrogen-bond donors (Lipinski definition) is 1. The molecular formula is C19H12ClN3O4. The Bertz CT molecular complexity index is 1050. The number of ketones is 1. The van der Waals surface area contributed by atoms with Gasteiger partial charge >= 0.3 is 0 Å². The summed E-state index contributed by atoms with van der Waals surface area (Å²) in [4.78, 5) is 35.1. The van der Waals surface area contributed by atoms with E-state index in [1.807, 2.05) is 0 Å². The maximum Gasteiger partial charge on any atom is 0.296 e. The topological polar surface area (TPSA) is 96.5 Å². The SMILES string of the molecule is O=C(C1=C(O)C(=O)N(c2ncccn2)[C@@H]1c1cccc(Cl)c1)c1ccco1. The smallest absolute Gasteiger partial charge is 0.296 e. The third-order valence-corrected chi connectivity index (χ3v) is 4.36. The summed E-state index contributed by atoms with van der Waals surface area (Å²) in [5.74, 6) is -1.99. The number of Topliss-reactive ketones (excluding diaryl/α,β-unsaturated/α-hetero) is 1. The molecule has 0 saturated carbocycles. The highest BCUT2D eigenvalue weighted by Gasteiger charge is 2.46. The van der Waals surface area contributed by atoms with Crippen molar-refractivity contribution in [2.24, 2.45) is 0 Å². The van der Waals surface area contributed by atoms with E-state index in [9.17, 15) is 14.7 Å². The third-order valence-electron chi connectivity index (χ3n) is 4.13. The maximum atomic E-state index is 12.9. The largest absolute Gasteiger partial charge is 0.503 e. The van der Waals surface area contributed by atoms with Gasteiger partial charge in [0, 0.05) is 17.4 Å². The van der Waals surface area contributed by atoms with Crippen molar-refractivity contribution in [3.63, 3.8) is 0 Å². The lowest BCUT2D eigenvalue weighted by atomic mass is 9.95. The monoisotopic (exact) mass is 381 g/mol. The predicted octanol–water partition coefficient (Wildman–Crippen LogP) is 3.51. The Morgan fingerprint density at radius 3 is 2.59 bits per heavy atom. The summed E-state index contributed by atoms with van der Waals surface area (Å²) >= 11 is 6.10. The van der Waals surface area contributed by atoms with Gasteiger partial charge in [0.2, 0.25) is 11.7 Å². The second kappa shape index (κ2) is 6.69. The van der Waals surface area contributed by atoms with Gasteiger partial charge in [0.25, 0.3) is 5.91 Å². The predicted molar refractivity (Wildman–Crippen MR) is 96.4 cm³/mol. The van der Waals surface area contributed by atoms with Crippen LogP contribution in [0.4, 0.5) is 5.95 Å². The second-order valence-electron chi connectivity index (χ2n) is 5.75. The molecule has 27 heavy (non-hydrogen) atoms. The zero-order valence-electron chi connectivity index (χ0n) is 13.7. The fourth-order valence-electron chi connectivity index (χ4n) is 2.99. The number of carbonyl (C=O) groups is 2. The van der Waals surface area contributed by atoms with Crippen molar-refractivity contribution in [1.29, 1.82) is 0 Å². The van der Waals surface area contributed by atoms with Crippen LogP contribution in [0.5, 0.6) is 0 Å². The van der Waals surface area contributed by atoms with Gasteiger partial charge in [-0.1, -0.05) is 23.7 Å². The molecule has 0 aliphatic carbocycles. The summed E-state index contributed by atoms with van der Waals surface area (Å²) in [6, 6.07) is 10.3. The Morgan fingerprint density at radius 1 is 1.15 bits per heavy atom. The molecule has 0 unspecified atom stereocenters. The number of amides is 1. The zero-order valence-corrected chi connectivity index (χ0v) is 14.5. The number of nitrogens with zero attached hydrogens (tertiary/aromatic N) is 3. The van der Waals surface area contributed by atoms with Crippen molar-refractivity contribution in [2.75, 3.05) is 4.90 Å². The molecule has 2 aromatic heterocycles. The number of furan rings is 1. The number of hydrogen-bond acceptors (Lipinski definition) is 6. The minimum absolute atomic E-state index is 0.00667. The fourth-order valence-corrected chi connectivity index (χ4v) is 3.19. The summed E-state index contributed by atoms with van der Waals surface area (Å²) in [5.41, 5.74) is 0.409. The van der Waals surface area contributed by atoms with Crippen LogP contribution in [0, 0.1) is 0 Å². The number of anilines is 1. The number of aliphatic hydroxyl groups is 1. The molecule has 1 aliphatic rings. The van der Waals surface area contributed by atoms with E-state index in [1.165, 1.54) is 24.7 Å². The van der Waals surface area contributed by atoms with Crippen molar-refractivity contribution in [3.05, 3.63) is 88.8 Å². The molecule has 7 nitrogen and oxygen atoms in total. The molecule has 0 spiro atoms. The van der Waals surface area contributed by atoms with Crippen LogP contribution in [-0.4, -0.2) is 26.8 Å². The zero-order chi connectivity index (χ0) is 19.0. The van der Waals surface area contributed by atoms with Gasteiger partial charge in [0.05, 0.1) is 17.9 Å². The molecule has 1 N–H and O–H groups in total. The van der Waals surface area contributed by atoms with E-state index in [-0.39, 0.29) is 17.3 Å². The van der Waals surface area contributed by atoms with Gasteiger partial charge in [-0.05, 0) is 35.9 Å². The number of aliphatic hydroxyl groups excluding tert-OH is 1. The van der Waals surface area contributed by atoms with Gasteiger partial charge in [-0.3, -0.25) is 14.5 Å². The van der Waals surface area contributed by atoms with Crippen LogP contribution in [0.25, 0.3) is 0 Å². The third kappa shape index (κ3) is 2.88. The molecule has 3 aromatic rings. The molecule has 0 radical (unpaired) electrons. The number of rotatable bonds is 4. The molecule has 0 bridgehead atoms. The Morgan fingerprint density at radius 2 is 1.93 bits per heavy atom. The molecule has 8 heteroatoms. The van der Waals surface area contributed by atoms with Gasteiger partial charge < -0.3 is 9.52 Å². The van der Waals surface area contributed by atoms with Crippen molar-refractivity contribution >= 4 is 29.2 Å². The van der Waals surface area contributed by atoms with Crippen molar-refractivity contribution in [3.8, 4) is 0 Å². The minimum atomic E-state index is -0.948. The molecule has 1 aliphatic heterocycles. The fraction of sp³-hybridized carbons (Fsp3) is 0.0526. The highest BCUT2D eigenvalue weighted by atomic mass is 35.5. The van der Waals surface area contributed by atoms with Gasteiger partial charge in [0.15, 0.2) is 11.5 Å². The molecule has 1 atom stereocenters. The molecule has 4 rings (SSSR count). The van der Waals surface area contributed by atoms with Crippen molar-refractivity contribution in [2.45, 2.75) is 6.04 Å². The lowest BCUT2D eigenvalue weighted by molar-refractivity contribution is -0.117. The summed E-state index contributed by atoms with van der Waals surface area (Å²) in [6.45, 7) is 0. The molecule has 0 fully saturated rings. The van der Waals surface area contributed by atoms with Crippen LogP contribution < -0.4 is 4.90 Å². The average Bonchev–Trinajstić information content (AvgIpc) is 3.30. The lowest BCUT2D eigenvalue weighted by Gasteiger charge is -2.24. The summed E-state index contributed by atoms with van der Waals surface area (Å²) in [6.07, 6.45) is 4.27. The maximum absolute atomic E-state index is 12.9. The van der Waals surface area contributed by atoms with Crippen LogP contribution >= 0.6 is 11.6 Å². The summed E-state index contributed by atoms with van der Waals surface area (Å²) < 4.78 is 5.16. The summed E-state index contributed by atoms with van der Waals surface area (Å²) in [5, 5.41) is 10.9. The Labute approximate surface area is 158 Å². The Kier molecular flexibility index (Phi) is 4.21. The first kappa shape index (κ1) is 17.0. The number of benzene rings is 1. The molecule has 134 valence electrons.